The van der Waals surface area contributed by atoms with E-state index in [0.29, 0.717) is 3.92 Å². The molecule has 0 saturated heterocycles. The van der Waals surface area contributed by atoms with Crippen LogP contribution in [0.25, 0.3) is 0 Å². The molecule has 1 atom stereocenters. The average Bonchev–Trinajstić information content (AvgIpc) is 2.06. The van der Waals surface area contributed by atoms with E-state index in [2.05, 4.69) is 12.1 Å². The molecule has 0 radical (unpaired) electrons. The van der Waals surface area contributed by atoms with Crippen molar-refractivity contribution in [1.82, 2.24) is 0 Å². The van der Waals surface area contributed by atoms with Gasteiger partial charge in [-0.1, -0.05) is 37.3 Å². The van der Waals surface area contributed by atoms with E-state index in [0.717, 1.165) is 6.42 Å². The monoisotopic (exact) mass is 262 g/mol. The second kappa shape index (κ2) is 4.59. The third kappa shape index (κ3) is 3.10. The van der Waals surface area contributed by atoms with Crippen LogP contribution < -0.4 is 0 Å². The molecule has 1 unspecified atom stereocenters. The van der Waals surface area contributed by atoms with Crippen LogP contribution in [0.2, 0.25) is 0 Å². The predicted molar refractivity (Wildman–Crippen MR) is 54.3 cm³/mol. The minimum atomic E-state index is -0.831. The van der Waals surface area contributed by atoms with Crippen molar-refractivity contribution in [2.24, 2.45) is 0 Å². The Morgan fingerprint density at radius 3 is 2.55 bits per heavy atom. The van der Waals surface area contributed by atoms with Gasteiger partial charge in [0.1, 0.15) is 21.2 Å². The quantitative estimate of drug-likeness (QED) is 0.604. The number of rotatable bonds is 3. The van der Waals surface area contributed by atoms with Gasteiger partial charge in [-0.2, -0.15) is 0 Å². The van der Waals surface area contributed by atoms with Crippen LogP contribution in [0.3, 0.4) is 0 Å². The van der Waals surface area contributed by atoms with Crippen LogP contribution in [0.4, 0.5) is 0 Å². The summed E-state index contributed by atoms with van der Waals surface area (Å²) < 4.78 is 10.9. The molecule has 0 amide bonds. The Hall–Kier alpha value is -0.250. The maximum absolute atomic E-state index is 10.5. The summed E-state index contributed by atoms with van der Waals surface area (Å²) >= 11 is -0.831. The molecule has 0 fully saturated rings. The van der Waals surface area contributed by atoms with Gasteiger partial charge in [0.2, 0.25) is 0 Å². The van der Waals surface area contributed by atoms with Gasteiger partial charge in [0, 0.05) is 3.92 Å². The van der Waals surface area contributed by atoms with E-state index < -0.39 is 21.2 Å². The summed E-state index contributed by atoms with van der Waals surface area (Å²) in [6.07, 6.45) is 0.956. The zero-order chi connectivity index (χ0) is 8.10. The van der Waals surface area contributed by atoms with Gasteiger partial charge in [0.25, 0.3) is 0 Å². The highest BCUT2D eigenvalue weighted by Gasteiger charge is 2.00. The summed E-state index contributed by atoms with van der Waals surface area (Å²) in [6.45, 7) is 2.04. The van der Waals surface area contributed by atoms with Crippen molar-refractivity contribution in [2.45, 2.75) is 17.3 Å². The molecule has 0 heterocycles. The third-order valence-corrected chi connectivity index (χ3v) is 2.82. The van der Waals surface area contributed by atoms with Crippen molar-refractivity contribution in [3.8, 4) is 0 Å². The first-order chi connectivity index (χ1) is 5.33. The molecule has 0 aromatic heterocycles. The van der Waals surface area contributed by atoms with E-state index in [4.69, 9.17) is 0 Å². The molecular weight excluding hydrogens is 251 g/mol. The Morgan fingerprint density at radius 1 is 1.36 bits per heavy atom. The molecular formula is C9H11IO. The van der Waals surface area contributed by atoms with Gasteiger partial charge in [0.05, 0.1) is 0 Å². The van der Waals surface area contributed by atoms with Gasteiger partial charge in [-0.15, -0.1) is 0 Å². The second-order valence-electron chi connectivity index (χ2n) is 2.56. The summed E-state index contributed by atoms with van der Waals surface area (Å²) in [5, 5.41) is 0. The van der Waals surface area contributed by atoms with Crippen LogP contribution in [-0.4, -0.2) is 3.92 Å². The average molecular weight is 262 g/mol. The molecule has 0 N–H and O–H groups in total. The summed E-state index contributed by atoms with van der Waals surface area (Å²) in [4.78, 5) is 0. The third-order valence-electron chi connectivity index (χ3n) is 1.51. The Morgan fingerprint density at radius 2 is 2.00 bits per heavy atom. The fourth-order valence-electron chi connectivity index (χ4n) is 0.970. The second-order valence-corrected chi connectivity index (χ2v) is 5.19. The van der Waals surface area contributed by atoms with E-state index in [-0.39, 0.29) is 0 Å². The minimum absolute atomic E-state index is 0.371. The molecule has 0 spiro atoms. The van der Waals surface area contributed by atoms with Crippen molar-refractivity contribution in [1.29, 1.82) is 0 Å². The minimum Gasteiger partial charge on any atom is -0.270 e. The molecule has 1 aromatic carbocycles. The van der Waals surface area contributed by atoms with Gasteiger partial charge >= 0.3 is 0 Å². The molecule has 0 aliphatic carbocycles. The Labute approximate surface area is 77.5 Å². The van der Waals surface area contributed by atoms with E-state index in [1.165, 1.54) is 5.56 Å². The van der Waals surface area contributed by atoms with Crippen LogP contribution in [0.1, 0.15) is 12.5 Å². The molecule has 0 aliphatic rings. The van der Waals surface area contributed by atoms with Crippen LogP contribution in [0.5, 0.6) is 0 Å². The normalized spacial score (nSPS) is 12.8. The van der Waals surface area contributed by atoms with Gasteiger partial charge in [0.15, 0.2) is 0 Å². The summed E-state index contributed by atoms with van der Waals surface area (Å²) in [6, 6.07) is 10.2. The molecule has 1 nitrogen and oxygen atoms in total. The lowest BCUT2D eigenvalue weighted by molar-refractivity contribution is 0.645. The number of hydrogen-bond donors (Lipinski definition) is 0. The highest BCUT2D eigenvalue weighted by Crippen LogP contribution is 2.12. The molecule has 0 aliphatic heterocycles. The van der Waals surface area contributed by atoms with E-state index in [1.807, 2.05) is 25.1 Å². The maximum Gasteiger partial charge on any atom is 0.147 e. The predicted octanol–water partition coefficient (Wildman–Crippen LogP) is 2.93. The van der Waals surface area contributed by atoms with Crippen molar-refractivity contribution in [3.63, 3.8) is 0 Å². The number of halogens is 1. The van der Waals surface area contributed by atoms with Crippen molar-refractivity contribution >= 4 is 21.2 Å². The summed E-state index contributed by atoms with van der Waals surface area (Å²) in [5.74, 6) is 0. The van der Waals surface area contributed by atoms with Crippen molar-refractivity contribution in [2.75, 3.05) is 0 Å². The molecule has 1 aromatic rings. The first kappa shape index (κ1) is 8.84. The lowest BCUT2D eigenvalue weighted by Gasteiger charge is -2.00. The summed E-state index contributed by atoms with van der Waals surface area (Å²) in [5.41, 5.74) is 1.29. The number of benzene rings is 1. The Bertz CT molecular complexity index is 220. The topological polar surface area (TPSA) is 17.1 Å². The number of alkyl halides is 1. The fraction of sp³-hybridized carbons (Fsp3) is 0.333. The van der Waals surface area contributed by atoms with E-state index in [1.54, 1.807) is 0 Å². The Kier molecular flexibility index (Phi) is 3.69. The van der Waals surface area contributed by atoms with E-state index >= 15 is 0 Å². The largest absolute Gasteiger partial charge is 0.270 e. The van der Waals surface area contributed by atoms with Crippen LogP contribution in [0, 0.1) is 0 Å². The molecule has 60 valence electrons. The standard InChI is InChI=1S/C9H11IO/c1-8(10-11)7-9-5-3-2-4-6-9/h2-6,8H,7H2,1H3. The molecule has 1 rings (SSSR count). The molecule has 2 heteroatoms. The molecule has 11 heavy (non-hydrogen) atoms. The van der Waals surface area contributed by atoms with E-state index in [9.17, 15) is 3.07 Å². The molecule has 0 bridgehead atoms. The zero-order valence-corrected chi connectivity index (χ0v) is 8.61. The van der Waals surface area contributed by atoms with Gasteiger partial charge in [-0.25, -0.2) is 0 Å². The lowest BCUT2D eigenvalue weighted by Crippen LogP contribution is -1.95. The van der Waals surface area contributed by atoms with Crippen LogP contribution >= 0.6 is 21.2 Å². The van der Waals surface area contributed by atoms with Crippen LogP contribution in [0.15, 0.2) is 30.3 Å². The highest BCUT2D eigenvalue weighted by molar-refractivity contribution is 14.1. The number of hydrogen-bond acceptors (Lipinski definition) is 1. The van der Waals surface area contributed by atoms with Gasteiger partial charge in [-0.3, -0.25) is 3.07 Å². The zero-order valence-electron chi connectivity index (χ0n) is 6.46. The van der Waals surface area contributed by atoms with Crippen LogP contribution in [-0.2, 0) is 9.49 Å². The maximum atomic E-state index is 10.5. The first-order valence-electron chi connectivity index (χ1n) is 3.62. The SMILES string of the molecule is CC(Cc1ccccc1)I=O. The fourth-order valence-corrected chi connectivity index (χ4v) is 1.66. The van der Waals surface area contributed by atoms with Gasteiger partial charge < -0.3 is 0 Å². The highest BCUT2D eigenvalue weighted by atomic mass is 127. The molecule has 0 saturated carbocycles. The van der Waals surface area contributed by atoms with Crippen molar-refractivity contribution in [3.05, 3.63) is 35.9 Å². The first-order valence-corrected chi connectivity index (χ1v) is 5.75. The smallest absolute Gasteiger partial charge is 0.147 e. The summed E-state index contributed by atoms with van der Waals surface area (Å²) in [7, 11) is 0. The lowest BCUT2D eigenvalue weighted by atomic mass is 10.1. The van der Waals surface area contributed by atoms with Gasteiger partial charge in [-0.05, 0) is 12.0 Å². The van der Waals surface area contributed by atoms with Crippen molar-refractivity contribution < 1.29 is 3.07 Å². The Balaban J connectivity index is 2.57.